The maximum atomic E-state index is 14.3. The number of hydrogen-bond acceptors (Lipinski definition) is 6. The zero-order valence-electron chi connectivity index (χ0n) is 24.0. The summed E-state index contributed by atoms with van der Waals surface area (Å²) in [7, 11) is 1.30. The van der Waals surface area contributed by atoms with Crippen molar-refractivity contribution < 1.29 is 14.3 Å². The van der Waals surface area contributed by atoms with E-state index < -0.39 is 6.09 Å². The van der Waals surface area contributed by atoms with Crippen LogP contribution in [0.25, 0.3) is 22.2 Å². The topological polar surface area (TPSA) is 78.0 Å². The molecule has 1 aliphatic carbocycles. The minimum atomic E-state index is -0.680. The van der Waals surface area contributed by atoms with Gasteiger partial charge in [-0.15, -0.1) is 0 Å². The summed E-state index contributed by atoms with van der Waals surface area (Å²) in [5.41, 5.74) is 7.18. The Bertz CT molecular complexity index is 1530. The highest BCUT2D eigenvalue weighted by molar-refractivity contribution is 6.10. The van der Waals surface area contributed by atoms with Crippen LogP contribution in [0.4, 0.5) is 10.5 Å². The lowest BCUT2D eigenvalue weighted by atomic mass is 9.95. The number of nitrogens with zero attached hydrogens (tertiary/aromatic N) is 4. The van der Waals surface area contributed by atoms with Crippen LogP contribution in [0.1, 0.15) is 41.6 Å². The fourth-order valence-electron chi connectivity index (χ4n) is 6.32. The zero-order valence-corrected chi connectivity index (χ0v) is 24.0. The Balaban J connectivity index is 1.40. The molecule has 3 aromatic carbocycles. The first-order valence-corrected chi connectivity index (χ1v) is 14.8. The molecule has 1 saturated carbocycles. The second kappa shape index (κ2) is 12.7. The number of aromatic nitrogens is 1. The molecule has 0 radical (unpaired) electrons. The van der Waals surface area contributed by atoms with E-state index in [0.717, 1.165) is 58.9 Å². The number of carbonyl (C=O) groups excluding carboxylic acids is 2. The number of piperazine rings is 1. The molecule has 0 bridgehead atoms. The number of para-hydroxylation sites is 2. The van der Waals surface area contributed by atoms with E-state index in [4.69, 9.17) is 9.72 Å². The van der Waals surface area contributed by atoms with Crippen molar-refractivity contribution in [3.63, 3.8) is 0 Å². The molecule has 2 heterocycles. The molecule has 4 aromatic rings. The van der Waals surface area contributed by atoms with Gasteiger partial charge < -0.3 is 4.74 Å². The number of rotatable bonds is 6. The predicted molar refractivity (Wildman–Crippen MR) is 165 cm³/mol. The molecule has 0 atom stereocenters. The van der Waals surface area contributed by atoms with Gasteiger partial charge in [0.05, 0.1) is 29.6 Å². The Morgan fingerprint density at radius 3 is 2.21 bits per heavy atom. The fraction of sp³-hybridized carbons (Fsp3) is 0.324. The standard InChI is InChI=1S/C34H37N5O3/c1-42-34(41)39(27-16-6-3-7-17-27)36-33(40)31-28-18-10-11-19-30(28)35-32(25-12-4-2-5-13-25)29(31)24-37-20-22-38(23-21-37)26-14-8-9-15-26/h2-7,10-13,16-19,26H,8-9,14-15,20-24H2,1H3,(H,36,40). The maximum Gasteiger partial charge on any atom is 0.433 e. The number of hydrazine groups is 1. The fourth-order valence-corrected chi connectivity index (χ4v) is 6.32. The minimum absolute atomic E-state index is 0.389. The summed E-state index contributed by atoms with van der Waals surface area (Å²) in [5.74, 6) is -0.389. The van der Waals surface area contributed by atoms with Gasteiger partial charge in [0.1, 0.15) is 0 Å². The van der Waals surface area contributed by atoms with Crippen molar-refractivity contribution in [3.8, 4) is 11.3 Å². The van der Waals surface area contributed by atoms with Crippen LogP contribution in [0.2, 0.25) is 0 Å². The molecule has 2 amide bonds. The van der Waals surface area contributed by atoms with E-state index in [1.807, 2.05) is 72.8 Å². The van der Waals surface area contributed by atoms with E-state index in [0.29, 0.717) is 23.8 Å². The Morgan fingerprint density at radius 2 is 1.52 bits per heavy atom. The van der Waals surface area contributed by atoms with Crippen LogP contribution in [0.5, 0.6) is 0 Å². The Hall–Kier alpha value is -4.27. The van der Waals surface area contributed by atoms with Gasteiger partial charge in [-0.1, -0.05) is 79.6 Å². The number of anilines is 1. The average Bonchev–Trinajstić information content (AvgIpc) is 3.59. The van der Waals surface area contributed by atoms with Crippen LogP contribution < -0.4 is 10.4 Å². The van der Waals surface area contributed by atoms with Crippen LogP contribution >= 0.6 is 0 Å². The largest absolute Gasteiger partial charge is 0.451 e. The lowest BCUT2D eigenvalue weighted by molar-refractivity contribution is 0.0909. The molecule has 1 aromatic heterocycles. The number of ether oxygens (including phenoxy) is 1. The van der Waals surface area contributed by atoms with Gasteiger partial charge in [-0.3, -0.25) is 20.0 Å². The second-order valence-corrected chi connectivity index (χ2v) is 11.0. The van der Waals surface area contributed by atoms with E-state index in [1.165, 1.54) is 32.8 Å². The first-order valence-electron chi connectivity index (χ1n) is 14.8. The molecule has 216 valence electrons. The van der Waals surface area contributed by atoms with Gasteiger partial charge in [0.25, 0.3) is 5.91 Å². The van der Waals surface area contributed by atoms with Crippen molar-refractivity contribution >= 4 is 28.6 Å². The van der Waals surface area contributed by atoms with Gasteiger partial charge >= 0.3 is 6.09 Å². The Morgan fingerprint density at radius 1 is 0.881 bits per heavy atom. The smallest absolute Gasteiger partial charge is 0.433 e. The molecule has 1 aliphatic heterocycles. The molecular formula is C34H37N5O3. The van der Waals surface area contributed by atoms with Crippen LogP contribution in [-0.2, 0) is 11.3 Å². The predicted octanol–water partition coefficient (Wildman–Crippen LogP) is 5.88. The molecule has 0 spiro atoms. The van der Waals surface area contributed by atoms with Crippen molar-refractivity contribution in [1.29, 1.82) is 0 Å². The lowest BCUT2D eigenvalue weighted by Gasteiger charge is -2.38. The van der Waals surface area contributed by atoms with Crippen LogP contribution in [0.3, 0.4) is 0 Å². The molecule has 42 heavy (non-hydrogen) atoms. The normalized spacial score (nSPS) is 16.4. The molecule has 1 N–H and O–H groups in total. The van der Waals surface area contributed by atoms with E-state index >= 15 is 0 Å². The summed E-state index contributed by atoms with van der Waals surface area (Å²) in [4.78, 5) is 37.3. The van der Waals surface area contributed by atoms with Crippen molar-refractivity contribution in [2.75, 3.05) is 38.3 Å². The van der Waals surface area contributed by atoms with Crippen molar-refractivity contribution in [2.24, 2.45) is 0 Å². The molecule has 0 unspecified atom stereocenters. The minimum Gasteiger partial charge on any atom is -0.451 e. The molecule has 2 fully saturated rings. The van der Waals surface area contributed by atoms with Gasteiger partial charge in [-0.25, -0.2) is 9.78 Å². The molecule has 1 saturated heterocycles. The summed E-state index contributed by atoms with van der Waals surface area (Å²) in [6, 6.07) is 27.4. The number of methoxy groups -OCH3 is 1. The van der Waals surface area contributed by atoms with Crippen molar-refractivity contribution in [2.45, 2.75) is 38.3 Å². The van der Waals surface area contributed by atoms with Gasteiger partial charge in [0, 0.05) is 55.3 Å². The third-order valence-electron chi connectivity index (χ3n) is 8.48. The number of carbonyl (C=O) groups is 2. The third kappa shape index (κ3) is 5.86. The number of amides is 2. The highest BCUT2D eigenvalue weighted by Gasteiger charge is 2.30. The molecule has 6 rings (SSSR count). The third-order valence-corrected chi connectivity index (χ3v) is 8.48. The number of nitrogens with one attached hydrogen (secondary N) is 1. The first-order chi connectivity index (χ1) is 20.6. The lowest BCUT2D eigenvalue weighted by Crippen LogP contribution is -2.49. The van der Waals surface area contributed by atoms with Crippen molar-refractivity contribution in [3.05, 3.63) is 96.1 Å². The Labute approximate surface area is 246 Å². The van der Waals surface area contributed by atoms with E-state index in [9.17, 15) is 9.59 Å². The number of benzene rings is 3. The number of fused-ring (bicyclic) bond motifs is 1. The number of hydrogen-bond donors (Lipinski definition) is 1. The monoisotopic (exact) mass is 563 g/mol. The van der Waals surface area contributed by atoms with Gasteiger partial charge in [-0.2, -0.15) is 5.01 Å². The van der Waals surface area contributed by atoms with Crippen LogP contribution in [0.15, 0.2) is 84.9 Å². The Kier molecular flexibility index (Phi) is 8.44. The maximum absolute atomic E-state index is 14.3. The van der Waals surface area contributed by atoms with Crippen LogP contribution in [0, 0.1) is 0 Å². The van der Waals surface area contributed by atoms with Gasteiger partial charge in [0.2, 0.25) is 0 Å². The molecule has 2 aliphatic rings. The van der Waals surface area contributed by atoms with Gasteiger partial charge in [0.15, 0.2) is 0 Å². The second-order valence-electron chi connectivity index (χ2n) is 11.0. The SMILES string of the molecule is COC(=O)N(NC(=O)c1c(CN2CCN(C3CCCC3)CC2)c(-c2ccccc2)nc2ccccc12)c1ccccc1. The molecule has 8 nitrogen and oxygen atoms in total. The molecule has 8 heteroatoms. The van der Waals surface area contributed by atoms with Crippen molar-refractivity contribution in [1.82, 2.24) is 20.2 Å². The number of pyridine rings is 1. The molecular weight excluding hydrogens is 526 g/mol. The summed E-state index contributed by atoms with van der Waals surface area (Å²) in [6.45, 7) is 4.48. The van der Waals surface area contributed by atoms with Crippen LogP contribution in [-0.4, -0.2) is 66.1 Å². The average molecular weight is 564 g/mol. The van der Waals surface area contributed by atoms with E-state index in [1.54, 1.807) is 12.1 Å². The summed E-state index contributed by atoms with van der Waals surface area (Å²) < 4.78 is 5.04. The summed E-state index contributed by atoms with van der Waals surface area (Å²) in [5, 5.41) is 1.90. The van der Waals surface area contributed by atoms with E-state index in [2.05, 4.69) is 15.2 Å². The first kappa shape index (κ1) is 27.9. The highest BCUT2D eigenvalue weighted by atomic mass is 16.5. The summed E-state index contributed by atoms with van der Waals surface area (Å²) in [6.07, 6.45) is 4.58. The van der Waals surface area contributed by atoms with E-state index in [-0.39, 0.29) is 5.91 Å². The highest BCUT2D eigenvalue weighted by Crippen LogP contribution is 2.32. The zero-order chi connectivity index (χ0) is 28.9. The quantitative estimate of drug-likeness (QED) is 0.295. The summed E-state index contributed by atoms with van der Waals surface area (Å²) >= 11 is 0. The van der Waals surface area contributed by atoms with Gasteiger partial charge in [-0.05, 0) is 31.0 Å².